The highest BCUT2D eigenvalue weighted by Crippen LogP contribution is 2.34. The molecule has 0 unspecified atom stereocenters. The van der Waals surface area contributed by atoms with Crippen molar-refractivity contribution in [2.75, 3.05) is 19.5 Å². The summed E-state index contributed by atoms with van der Waals surface area (Å²) in [5.41, 5.74) is 0.116. The SMILES string of the molecule is COC(=O)/C=C(/Nc1c(Br)cc(Br)c(C)c1F)C(=O)OC. The molecule has 21 heavy (non-hydrogen) atoms. The Kier molecular flexibility index (Phi) is 6.35. The molecule has 0 aromatic heterocycles. The number of rotatable bonds is 4. The molecule has 8 heteroatoms. The Labute approximate surface area is 137 Å². The molecule has 0 bridgehead atoms. The predicted molar refractivity (Wildman–Crippen MR) is 82.3 cm³/mol. The second-order valence-corrected chi connectivity index (χ2v) is 5.56. The number of methoxy groups -OCH3 is 2. The van der Waals surface area contributed by atoms with Crippen molar-refractivity contribution in [1.29, 1.82) is 0 Å². The quantitative estimate of drug-likeness (QED) is 0.593. The molecular formula is C13H12Br2FNO4. The van der Waals surface area contributed by atoms with Crippen LogP contribution in [0.15, 0.2) is 26.8 Å². The smallest absolute Gasteiger partial charge is 0.354 e. The standard InChI is InChI=1S/C13H12Br2FNO4/c1-6-7(14)4-8(15)12(11(6)16)17-9(13(19)21-3)5-10(18)20-2/h4-5,17H,1-3H3/b9-5+. The van der Waals surface area contributed by atoms with E-state index in [-0.39, 0.29) is 11.4 Å². The fourth-order valence-corrected chi connectivity index (χ4v) is 2.58. The number of anilines is 1. The van der Waals surface area contributed by atoms with Gasteiger partial charge in [0.05, 0.1) is 26.0 Å². The summed E-state index contributed by atoms with van der Waals surface area (Å²) in [5.74, 6) is -2.17. The Morgan fingerprint density at radius 2 is 1.86 bits per heavy atom. The van der Waals surface area contributed by atoms with Crippen LogP contribution >= 0.6 is 31.9 Å². The van der Waals surface area contributed by atoms with Crippen molar-refractivity contribution in [3.63, 3.8) is 0 Å². The van der Waals surface area contributed by atoms with Gasteiger partial charge < -0.3 is 14.8 Å². The lowest BCUT2D eigenvalue weighted by atomic mass is 10.2. The molecule has 0 spiro atoms. The van der Waals surface area contributed by atoms with Crippen LogP contribution in [0.4, 0.5) is 10.1 Å². The minimum Gasteiger partial charge on any atom is -0.466 e. The summed E-state index contributed by atoms with van der Waals surface area (Å²) in [6, 6.07) is 1.62. The first-order chi connectivity index (χ1) is 9.81. The molecule has 1 rings (SSSR count). The van der Waals surface area contributed by atoms with Crippen LogP contribution in [-0.2, 0) is 19.1 Å². The zero-order valence-corrected chi connectivity index (χ0v) is 14.6. The Morgan fingerprint density at radius 3 is 2.38 bits per heavy atom. The lowest BCUT2D eigenvalue weighted by Gasteiger charge is -2.14. The molecule has 0 amide bonds. The van der Waals surface area contributed by atoms with Crippen molar-refractivity contribution in [1.82, 2.24) is 0 Å². The molecule has 0 fully saturated rings. The van der Waals surface area contributed by atoms with E-state index < -0.39 is 17.8 Å². The predicted octanol–water partition coefficient (Wildman–Crippen LogP) is 3.30. The first kappa shape index (κ1) is 17.6. The van der Waals surface area contributed by atoms with Crippen molar-refractivity contribution in [3.8, 4) is 0 Å². The van der Waals surface area contributed by atoms with E-state index in [0.717, 1.165) is 20.3 Å². The second-order valence-electron chi connectivity index (χ2n) is 3.85. The van der Waals surface area contributed by atoms with Gasteiger partial charge in [0.15, 0.2) is 5.82 Å². The largest absolute Gasteiger partial charge is 0.466 e. The van der Waals surface area contributed by atoms with E-state index in [0.29, 0.717) is 14.5 Å². The van der Waals surface area contributed by atoms with Crippen molar-refractivity contribution < 1.29 is 23.5 Å². The third kappa shape index (κ3) is 4.28. The zero-order valence-electron chi connectivity index (χ0n) is 11.4. The minimum absolute atomic E-state index is 0.0104. The summed E-state index contributed by atoms with van der Waals surface area (Å²) >= 11 is 6.40. The number of hydrogen-bond donors (Lipinski definition) is 1. The maximum absolute atomic E-state index is 14.3. The van der Waals surface area contributed by atoms with E-state index in [9.17, 15) is 14.0 Å². The lowest BCUT2D eigenvalue weighted by molar-refractivity contribution is -0.138. The number of benzene rings is 1. The molecule has 0 saturated carbocycles. The molecule has 5 nitrogen and oxygen atoms in total. The Balaban J connectivity index is 3.28. The van der Waals surface area contributed by atoms with Crippen LogP contribution in [0.1, 0.15) is 5.56 Å². The molecule has 0 atom stereocenters. The van der Waals surface area contributed by atoms with Gasteiger partial charge in [-0.25, -0.2) is 14.0 Å². The number of nitrogens with one attached hydrogen (secondary N) is 1. The van der Waals surface area contributed by atoms with Gasteiger partial charge in [-0.2, -0.15) is 0 Å². The fourth-order valence-electron chi connectivity index (χ4n) is 1.37. The highest BCUT2D eigenvalue weighted by atomic mass is 79.9. The van der Waals surface area contributed by atoms with Crippen LogP contribution < -0.4 is 5.32 Å². The molecule has 0 radical (unpaired) electrons. The van der Waals surface area contributed by atoms with E-state index >= 15 is 0 Å². The third-order valence-corrected chi connectivity index (χ3v) is 3.98. The average molecular weight is 425 g/mol. The normalized spacial score (nSPS) is 11.0. The van der Waals surface area contributed by atoms with Gasteiger partial charge in [-0.05, 0) is 28.9 Å². The van der Waals surface area contributed by atoms with Crippen molar-refractivity contribution in [2.24, 2.45) is 0 Å². The average Bonchev–Trinajstić information content (AvgIpc) is 2.46. The number of hydrogen-bond acceptors (Lipinski definition) is 5. The van der Waals surface area contributed by atoms with Crippen molar-refractivity contribution >= 4 is 49.5 Å². The third-order valence-electron chi connectivity index (χ3n) is 2.53. The topological polar surface area (TPSA) is 64.6 Å². The maximum atomic E-state index is 14.3. The van der Waals surface area contributed by atoms with Crippen molar-refractivity contribution in [3.05, 3.63) is 38.2 Å². The lowest BCUT2D eigenvalue weighted by Crippen LogP contribution is -2.16. The Morgan fingerprint density at radius 1 is 1.24 bits per heavy atom. The molecule has 0 saturated heterocycles. The molecule has 0 aliphatic carbocycles. The van der Waals surface area contributed by atoms with Gasteiger partial charge in [-0.3, -0.25) is 0 Å². The van der Waals surface area contributed by atoms with Gasteiger partial charge >= 0.3 is 11.9 Å². The second kappa shape index (κ2) is 7.56. The van der Waals surface area contributed by atoms with Gasteiger partial charge in [0.2, 0.25) is 0 Å². The monoisotopic (exact) mass is 423 g/mol. The Hall–Kier alpha value is -1.41. The van der Waals surface area contributed by atoms with Crippen LogP contribution in [-0.4, -0.2) is 26.2 Å². The molecule has 0 heterocycles. The fraction of sp³-hybridized carbons (Fsp3) is 0.231. The van der Waals surface area contributed by atoms with Crippen LogP contribution in [0.3, 0.4) is 0 Å². The molecule has 1 aromatic rings. The van der Waals surface area contributed by atoms with Crippen LogP contribution in [0, 0.1) is 12.7 Å². The summed E-state index contributed by atoms with van der Waals surface area (Å²) in [5, 5.41) is 2.54. The summed E-state index contributed by atoms with van der Waals surface area (Å²) in [6.07, 6.45) is 0.884. The van der Waals surface area contributed by atoms with E-state index in [1.165, 1.54) is 0 Å². The number of carbonyl (C=O) groups excluding carboxylic acids is 2. The molecular weight excluding hydrogens is 413 g/mol. The van der Waals surface area contributed by atoms with E-state index in [1.807, 2.05) is 0 Å². The first-order valence-electron chi connectivity index (χ1n) is 5.60. The number of esters is 2. The first-order valence-corrected chi connectivity index (χ1v) is 7.19. The number of ether oxygens (including phenoxy) is 2. The van der Waals surface area contributed by atoms with Gasteiger partial charge in [-0.1, -0.05) is 15.9 Å². The molecule has 0 aliphatic heterocycles. The van der Waals surface area contributed by atoms with Crippen LogP contribution in [0.5, 0.6) is 0 Å². The Bertz CT molecular complexity index is 617. The maximum Gasteiger partial charge on any atom is 0.354 e. The van der Waals surface area contributed by atoms with Gasteiger partial charge in [0.1, 0.15) is 5.70 Å². The number of halogens is 3. The van der Waals surface area contributed by atoms with Crippen LogP contribution in [0.25, 0.3) is 0 Å². The summed E-state index contributed by atoms with van der Waals surface area (Å²) < 4.78 is 24.2. The van der Waals surface area contributed by atoms with E-state index in [2.05, 4.69) is 46.7 Å². The van der Waals surface area contributed by atoms with E-state index in [1.54, 1.807) is 13.0 Å². The van der Waals surface area contributed by atoms with Gasteiger partial charge in [-0.15, -0.1) is 0 Å². The zero-order chi connectivity index (χ0) is 16.2. The van der Waals surface area contributed by atoms with Gasteiger partial charge in [0, 0.05) is 14.5 Å². The van der Waals surface area contributed by atoms with Crippen LogP contribution in [0.2, 0.25) is 0 Å². The summed E-state index contributed by atoms with van der Waals surface area (Å²) in [6.45, 7) is 1.57. The minimum atomic E-state index is -0.827. The summed E-state index contributed by atoms with van der Waals surface area (Å²) in [4.78, 5) is 22.9. The van der Waals surface area contributed by atoms with E-state index in [4.69, 9.17) is 0 Å². The van der Waals surface area contributed by atoms with Gasteiger partial charge in [0.25, 0.3) is 0 Å². The molecule has 1 N–H and O–H groups in total. The highest BCUT2D eigenvalue weighted by molar-refractivity contribution is 9.11. The van der Waals surface area contributed by atoms with Crippen molar-refractivity contribution in [2.45, 2.75) is 6.92 Å². The molecule has 0 aliphatic rings. The number of carbonyl (C=O) groups is 2. The highest BCUT2D eigenvalue weighted by Gasteiger charge is 2.19. The molecule has 114 valence electrons. The summed E-state index contributed by atoms with van der Waals surface area (Å²) in [7, 11) is 2.31. The molecule has 1 aromatic carbocycles.